The van der Waals surface area contributed by atoms with Crippen molar-refractivity contribution in [3.05, 3.63) is 16.1 Å². The van der Waals surface area contributed by atoms with Crippen LogP contribution in [-0.4, -0.2) is 27.8 Å². The van der Waals surface area contributed by atoms with E-state index in [1.807, 2.05) is 11.3 Å². The predicted octanol–water partition coefficient (Wildman–Crippen LogP) is 3.69. The number of thiazole rings is 1. The SMILES string of the molecule is CCC1SCCSC1c1ncc(CNC2CC2)s1. The van der Waals surface area contributed by atoms with Gasteiger partial charge in [0.05, 0.1) is 5.25 Å². The smallest absolute Gasteiger partial charge is 0.107 e. The van der Waals surface area contributed by atoms with E-state index in [0.29, 0.717) is 5.25 Å². The van der Waals surface area contributed by atoms with Gasteiger partial charge in [-0.2, -0.15) is 11.8 Å². The number of nitrogens with one attached hydrogen (secondary N) is 1. The van der Waals surface area contributed by atoms with E-state index < -0.39 is 0 Å². The molecule has 2 fully saturated rings. The van der Waals surface area contributed by atoms with E-state index in [1.165, 1.54) is 40.7 Å². The maximum absolute atomic E-state index is 4.68. The monoisotopic (exact) mass is 300 g/mol. The molecular weight excluding hydrogens is 280 g/mol. The maximum Gasteiger partial charge on any atom is 0.107 e. The minimum Gasteiger partial charge on any atom is -0.309 e. The van der Waals surface area contributed by atoms with Crippen molar-refractivity contribution < 1.29 is 0 Å². The summed E-state index contributed by atoms with van der Waals surface area (Å²) in [5.41, 5.74) is 0. The lowest BCUT2D eigenvalue weighted by atomic mass is 10.2. The minimum absolute atomic E-state index is 0.633. The van der Waals surface area contributed by atoms with Gasteiger partial charge in [-0.25, -0.2) is 4.98 Å². The lowest BCUT2D eigenvalue weighted by molar-refractivity contribution is 0.694. The van der Waals surface area contributed by atoms with Gasteiger partial charge in [-0.05, 0) is 19.3 Å². The largest absolute Gasteiger partial charge is 0.309 e. The number of thioether (sulfide) groups is 2. The second-order valence-electron chi connectivity index (χ2n) is 4.93. The molecule has 18 heavy (non-hydrogen) atoms. The van der Waals surface area contributed by atoms with Gasteiger partial charge in [-0.15, -0.1) is 23.1 Å². The van der Waals surface area contributed by atoms with Gasteiger partial charge >= 0.3 is 0 Å². The highest BCUT2D eigenvalue weighted by atomic mass is 32.2. The summed E-state index contributed by atoms with van der Waals surface area (Å²) in [4.78, 5) is 6.09. The molecule has 1 saturated heterocycles. The normalized spacial score (nSPS) is 28.5. The third-order valence-electron chi connectivity index (χ3n) is 3.41. The molecule has 0 amide bonds. The Labute approximate surface area is 122 Å². The molecular formula is C13H20N2S3. The Kier molecular flexibility index (Phi) is 4.55. The van der Waals surface area contributed by atoms with Gasteiger partial charge in [0.25, 0.3) is 0 Å². The number of nitrogens with zero attached hydrogens (tertiary/aromatic N) is 1. The minimum atomic E-state index is 0.633. The van der Waals surface area contributed by atoms with E-state index in [9.17, 15) is 0 Å². The quantitative estimate of drug-likeness (QED) is 0.896. The molecule has 1 aromatic heterocycles. The first kappa shape index (κ1) is 13.3. The van der Waals surface area contributed by atoms with Crippen molar-refractivity contribution in [2.75, 3.05) is 11.5 Å². The van der Waals surface area contributed by atoms with Crippen LogP contribution in [-0.2, 0) is 6.54 Å². The summed E-state index contributed by atoms with van der Waals surface area (Å²) in [5, 5.41) is 6.32. The molecule has 1 aromatic rings. The lowest BCUT2D eigenvalue weighted by Gasteiger charge is -2.28. The van der Waals surface area contributed by atoms with Gasteiger partial charge in [0.15, 0.2) is 0 Å². The summed E-state index contributed by atoms with van der Waals surface area (Å²) in [7, 11) is 0. The zero-order valence-electron chi connectivity index (χ0n) is 10.7. The van der Waals surface area contributed by atoms with Crippen LogP contribution in [0.5, 0.6) is 0 Å². The molecule has 0 aromatic carbocycles. The molecule has 5 heteroatoms. The van der Waals surface area contributed by atoms with Crippen LogP contribution in [0.15, 0.2) is 6.20 Å². The average molecular weight is 301 g/mol. The van der Waals surface area contributed by atoms with E-state index in [4.69, 9.17) is 0 Å². The molecule has 100 valence electrons. The summed E-state index contributed by atoms with van der Waals surface area (Å²) >= 11 is 6.16. The predicted molar refractivity (Wildman–Crippen MR) is 83.7 cm³/mol. The third-order valence-corrected chi connectivity index (χ3v) is 7.89. The molecule has 2 heterocycles. The van der Waals surface area contributed by atoms with Crippen molar-refractivity contribution >= 4 is 34.9 Å². The van der Waals surface area contributed by atoms with Gasteiger partial charge < -0.3 is 5.32 Å². The van der Waals surface area contributed by atoms with Crippen molar-refractivity contribution in [3.63, 3.8) is 0 Å². The Morgan fingerprint density at radius 1 is 1.33 bits per heavy atom. The molecule has 2 unspecified atom stereocenters. The zero-order valence-corrected chi connectivity index (χ0v) is 13.2. The zero-order chi connectivity index (χ0) is 12.4. The summed E-state index contributed by atoms with van der Waals surface area (Å²) in [5.74, 6) is 2.59. The van der Waals surface area contributed by atoms with Crippen LogP contribution < -0.4 is 5.32 Å². The van der Waals surface area contributed by atoms with Crippen LogP contribution in [0.2, 0.25) is 0 Å². The van der Waals surface area contributed by atoms with E-state index >= 15 is 0 Å². The van der Waals surface area contributed by atoms with Crippen LogP contribution >= 0.6 is 34.9 Å². The number of hydrogen-bond acceptors (Lipinski definition) is 5. The standard InChI is InChI=1S/C13H20N2S3/c1-2-11-12(17-6-5-16-11)13-15-8-10(18-13)7-14-9-3-4-9/h8-9,11-12,14H,2-7H2,1H3. The van der Waals surface area contributed by atoms with Crippen LogP contribution in [0.1, 0.15) is 41.3 Å². The summed E-state index contributed by atoms with van der Waals surface area (Å²) < 4.78 is 0. The average Bonchev–Trinajstić information content (AvgIpc) is 3.13. The van der Waals surface area contributed by atoms with Crippen LogP contribution in [0.4, 0.5) is 0 Å². The Morgan fingerprint density at radius 2 is 2.17 bits per heavy atom. The van der Waals surface area contributed by atoms with Gasteiger partial charge in [-0.1, -0.05) is 6.92 Å². The van der Waals surface area contributed by atoms with Gasteiger partial charge in [0.2, 0.25) is 0 Å². The van der Waals surface area contributed by atoms with Crippen LogP contribution in [0.3, 0.4) is 0 Å². The Balaban J connectivity index is 1.62. The molecule has 0 bridgehead atoms. The fraction of sp³-hybridized carbons (Fsp3) is 0.769. The van der Waals surface area contributed by atoms with E-state index in [1.54, 1.807) is 0 Å². The van der Waals surface area contributed by atoms with Gasteiger partial charge in [0, 0.05) is 40.4 Å². The van der Waals surface area contributed by atoms with Crippen molar-refractivity contribution in [1.29, 1.82) is 0 Å². The highest BCUT2D eigenvalue weighted by Gasteiger charge is 2.29. The van der Waals surface area contributed by atoms with Crippen molar-refractivity contribution in [1.82, 2.24) is 10.3 Å². The molecule has 3 rings (SSSR count). The first-order chi connectivity index (χ1) is 8.86. The first-order valence-corrected chi connectivity index (χ1v) is 9.69. The van der Waals surface area contributed by atoms with E-state index in [0.717, 1.165) is 17.8 Å². The molecule has 1 saturated carbocycles. The Hall–Kier alpha value is 0.290. The second kappa shape index (κ2) is 6.16. The fourth-order valence-corrected chi connectivity index (χ4v) is 6.50. The first-order valence-electron chi connectivity index (χ1n) is 6.78. The molecule has 2 nitrogen and oxygen atoms in total. The summed E-state index contributed by atoms with van der Waals surface area (Å²) in [6, 6.07) is 0.790. The molecule has 0 radical (unpaired) electrons. The van der Waals surface area contributed by atoms with E-state index in [2.05, 4.69) is 46.9 Å². The Bertz CT molecular complexity index is 389. The Morgan fingerprint density at radius 3 is 2.94 bits per heavy atom. The summed E-state index contributed by atoms with van der Waals surface area (Å²) in [6.45, 7) is 3.32. The molecule has 0 spiro atoms. The third kappa shape index (κ3) is 3.24. The summed E-state index contributed by atoms with van der Waals surface area (Å²) in [6.07, 6.45) is 6.07. The highest BCUT2D eigenvalue weighted by Crippen LogP contribution is 2.45. The molecule has 2 atom stereocenters. The molecule has 2 aliphatic rings. The highest BCUT2D eigenvalue weighted by molar-refractivity contribution is 8.06. The van der Waals surface area contributed by atoms with Crippen molar-refractivity contribution in [2.45, 2.75) is 49.3 Å². The number of hydrogen-bond donors (Lipinski definition) is 1. The second-order valence-corrected chi connectivity index (χ2v) is 8.67. The number of aromatic nitrogens is 1. The molecule has 1 N–H and O–H groups in total. The van der Waals surface area contributed by atoms with Crippen molar-refractivity contribution in [3.8, 4) is 0 Å². The topological polar surface area (TPSA) is 24.9 Å². The van der Waals surface area contributed by atoms with Gasteiger partial charge in [0.1, 0.15) is 5.01 Å². The fourth-order valence-electron chi connectivity index (χ4n) is 2.20. The van der Waals surface area contributed by atoms with Crippen molar-refractivity contribution in [2.24, 2.45) is 0 Å². The van der Waals surface area contributed by atoms with E-state index in [-0.39, 0.29) is 0 Å². The van der Waals surface area contributed by atoms with Crippen LogP contribution in [0, 0.1) is 0 Å². The molecule has 1 aliphatic heterocycles. The number of rotatable bonds is 5. The van der Waals surface area contributed by atoms with Crippen LogP contribution in [0.25, 0.3) is 0 Å². The lowest BCUT2D eigenvalue weighted by Crippen LogP contribution is -2.18. The molecule has 1 aliphatic carbocycles. The maximum atomic E-state index is 4.68. The van der Waals surface area contributed by atoms with Gasteiger partial charge in [-0.3, -0.25) is 0 Å².